The van der Waals surface area contributed by atoms with E-state index in [2.05, 4.69) is 11.8 Å². The molecule has 0 aromatic heterocycles. The standard InChI is InChI=1S/C20H28N2O5S/c1-2-8-21-11-16-12-22(14-20(16,13-21)7-5-19(23)24)28(25,26)17-3-4-18-15(10-17)6-9-27-18/h3-4,10,16H,2,5-9,11-14H2,1H3,(H,23,24)/t16-,20+/m0/s1. The molecule has 0 radical (unpaired) electrons. The summed E-state index contributed by atoms with van der Waals surface area (Å²) in [6, 6.07) is 5.11. The fraction of sp³-hybridized carbons (Fsp3) is 0.650. The van der Waals surface area contributed by atoms with Gasteiger partial charge < -0.3 is 14.7 Å². The number of carboxylic acids is 1. The minimum atomic E-state index is -3.60. The van der Waals surface area contributed by atoms with E-state index in [9.17, 15) is 18.3 Å². The zero-order valence-corrected chi connectivity index (χ0v) is 17.1. The average molecular weight is 409 g/mol. The SMILES string of the molecule is CCCN1C[C@H]2CN(S(=O)(=O)c3ccc4c(c3)CCO4)C[C@@]2(CCC(=O)O)C1. The van der Waals surface area contributed by atoms with E-state index < -0.39 is 16.0 Å². The van der Waals surface area contributed by atoms with Gasteiger partial charge in [-0.05, 0) is 49.1 Å². The molecule has 3 aliphatic rings. The van der Waals surface area contributed by atoms with Crippen molar-refractivity contribution in [2.45, 2.75) is 37.5 Å². The van der Waals surface area contributed by atoms with Gasteiger partial charge in [0.25, 0.3) is 0 Å². The first-order valence-corrected chi connectivity index (χ1v) is 11.5. The molecule has 4 rings (SSSR count). The van der Waals surface area contributed by atoms with Gasteiger partial charge in [0.15, 0.2) is 0 Å². The summed E-state index contributed by atoms with van der Waals surface area (Å²) in [5.41, 5.74) is 0.677. The third kappa shape index (κ3) is 3.42. The van der Waals surface area contributed by atoms with Crippen molar-refractivity contribution in [3.63, 3.8) is 0 Å². The van der Waals surface area contributed by atoms with Crippen LogP contribution in [0.15, 0.2) is 23.1 Å². The van der Waals surface area contributed by atoms with E-state index in [1.165, 1.54) is 0 Å². The van der Waals surface area contributed by atoms with Crippen LogP contribution in [0.2, 0.25) is 0 Å². The Hall–Kier alpha value is -1.64. The number of rotatable bonds is 7. The van der Waals surface area contributed by atoms with Crippen LogP contribution in [0.3, 0.4) is 0 Å². The zero-order chi connectivity index (χ0) is 19.9. The van der Waals surface area contributed by atoms with Gasteiger partial charge in [0.2, 0.25) is 10.0 Å². The number of nitrogens with zero attached hydrogens (tertiary/aromatic N) is 2. The van der Waals surface area contributed by atoms with Gasteiger partial charge in [0.05, 0.1) is 11.5 Å². The smallest absolute Gasteiger partial charge is 0.303 e. The second kappa shape index (κ2) is 7.31. The molecule has 0 bridgehead atoms. The van der Waals surface area contributed by atoms with Crippen molar-refractivity contribution in [1.29, 1.82) is 0 Å². The maximum Gasteiger partial charge on any atom is 0.303 e. The monoisotopic (exact) mass is 408 g/mol. The number of ether oxygens (including phenoxy) is 1. The van der Waals surface area contributed by atoms with Gasteiger partial charge in [0.1, 0.15) is 5.75 Å². The summed E-state index contributed by atoms with van der Waals surface area (Å²) in [5, 5.41) is 9.20. The van der Waals surface area contributed by atoms with E-state index in [4.69, 9.17) is 4.74 Å². The lowest BCUT2D eigenvalue weighted by Gasteiger charge is -2.29. The molecule has 0 saturated carbocycles. The molecule has 154 valence electrons. The van der Waals surface area contributed by atoms with E-state index in [1.54, 1.807) is 22.5 Å². The maximum absolute atomic E-state index is 13.3. The van der Waals surface area contributed by atoms with E-state index in [0.29, 0.717) is 31.0 Å². The topological polar surface area (TPSA) is 87.2 Å². The first-order chi connectivity index (χ1) is 13.3. The number of hydrogen-bond acceptors (Lipinski definition) is 5. The molecule has 7 nitrogen and oxygen atoms in total. The summed E-state index contributed by atoms with van der Waals surface area (Å²) in [5.74, 6) is 0.137. The van der Waals surface area contributed by atoms with Gasteiger partial charge >= 0.3 is 5.97 Å². The van der Waals surface area contributed by atoms with Crippen LogP contribution < -0.4 is 4.74 Å². The number of hydrogen-bond donors (Lipinski definition) is 1. The molecular formula is C20H28N2O5S. The third-order valence-corrected chi connectivity index (χ3v) is 8.28. The molecule has 2 saturated heterocycles. The lowest BCUT2D eigenvalue weighted by Crippen LogP contribution is -2.37. The minimum Gasteiger partial charge on any atom is -0.493 e. The summed E-state index contributed by atoms with van der Waals surface area (Å²) >= 11 is 0. The maximum atomic E-state index is 13.3. The van der Waals surface area contributed by atoms with E-state index in [-0.39, 0.29) is 17.8 Å². The number of carbonyl (C=O) groups is 1. The highest BCUT2D eigenvalue weighted by atomic mass is 32.2. The van der Waals surface area contributed by atoms with E-state index in [0.717, 1.165) is 43.8 Å². The van der Waals surface area contributed by atoms with Crippen molar-refractivity contribution in [2.75, 3.05) is 39.3 Å². The van der Waals surface area contributed by atoms with Gasteiger partial charge in [-0.3, -0.25) is 4.79 Å². The van der Waals surface area contributed by atoms with Crippen LogP contribution in [0, 0.1) is 11.3 Å². The molecule has 2 fully saturated rings. The van der Waals surface area contributed by atoms with E-state index >= 15 is 0 Å². The van der Waals surface area contributed by atoms with Gasteiger partial charge in [-0.15, -0.1) is 0 Å². The second-order valence-corrected chi connectivity index (χ2v) is 10.3. The number of likely N-dealkylation sites (tertiary alicyclic amines) is 1. The second-order valence-electron chi connectivity index (χ2n) is 8.35. The van der Waals surface area contributed by atoms with Crippen molar-refractivity contribution in [1.82, 2.24) is 9.21 Å². The molecule has 3 aliphatic heterocycles. The first-order valence-electron chi connectivity index (χ1n) is 10.0. The fourth-order valence-electron chi connectivity index (χ4n) is 5.10. The summed E-state index contributed by atoms with van der Waals surface area (Å²) in [4.78, 5) is 13.9. The Labute approximate surface area is 166 Å². The van der Waals surface area contributed by atoms with Crippen LogP contribution in [-0.4, -0.2) is 68.0 Å². The quantitative estimate of drug-likeness (QED) is 0.741. The van der Waals surface area contributed by atoms with Crippen molar-refractivity contribution in [3.05, 3.63) is 23.8 Å². The Balaban J connectivity index is 1.57. The van der Waals surface area contributed by atoms with Crippen LogP contribution in [0.5, 0.6) is 5.75 Å². The Morgan fingerprint density at radius 1 is 1.32 bits per heavy atom. The molecule has 0 amide bonds. The molecule has 0 unspecified atom stereocenters. The molecule has 0 aliphatic carbocycles. The summed E-state index contributed by atoms with van der Waals surface area (Å²) < 4.78 is 33.7. The highest BCUT2D eigenvalue weighted by Gasteiger charge is 2.54. The lowest BCUT2D eigenvalue weighted by atomic mass is 9.77. The predicted molar refractivity (Wildman–Crippen MR) is 104 cm³/mol. The predicted octanol–water partition coefficient (Wildman–Crippen LogP) is 1.82. The van der Waals surface area contributed by atoms with Crippen LogP contribution in [-0.2, 0) is 21.2 Å². The minimum absolute atomic E-state index is 0.0839. The number of benzene rings is 1. The Morgan fingerprint density at radius 3 is 2.89 bits per heavy atom. The fourth-order valence-corrected chi connectivity index (χ4v) is 6.73. The third-order valence-electron chi connectivity index (χ3n) is 6.47. The van der Waals surface area contributed by atoms with Gasteiger partial charge in [-0.1, -0.05) is 6.92 Å². The van der Waals surface area contributed by atoms with Gasteiger partial charge in [0, 0.05) is 44.4 Å². The molecular weight excluding hydrogens is 380 g/mol. The van der Waals surface area contributed by atoms with Crippen molar-refractivity contribution >= 4 is 16.0 Å². The molecule has 1 aromatic rings. The summed E-state index contributed by atoms with van der Waals surface area (Å²) in [6.45, 7) is 6.20. The first kappa shape index (κ1) is 19.7. The molecule has 28 heavy (non-hydrogen) atoms. The van der Waals surface area contributed by atoms with Crippen LogP contribution >= 0.6 is 0 Å². The summed E-state index contributed by atoms with van der Waals surface area (Å²) in [6.07, 6.45) is 2.38. The molecule has 1 aromatic carbocycles. The Morgan fingerprint density at radius 2 is 2.14 bits per heavy atom. The molecule has 2 atom stereocenters. The molecule has 0 spiro atoms. The van der Waals surface area contributed by atoms with Gasteiger partial charge in [-0.25, -0.2) is 8.42 Å². The lowest BCUT2D eigenvalue weighted by molar-refractivity contribution is -0.137. The van der Waals surface area contributed by atoms with Crippen LogP contribution in [0.1, 0.15) is 31.7 Å². The van der Waals surface area contributed by atoms with Crippen LogP contribution in [0.25, 0.3) is 0 Å². The van der Waals surface area contributed by atoms with Crippen LogP contribution in [0.4, 0.5) is 0 Å². The van der Waals surface area contributed by atoms with E-state index in [1.807, 2.05) is 0 Å². The number of fused-ring (bicyclic) bond motifs is 2. The normalized spacial score (nSPS) is 27.5. The average Bonchev–Trinajstić information content (AvgIpc) is 3.32. The number of carboxylic acid groups (broad SMARTS) is 1. The molecule has 3 heterocycles. The van der Waals surface area contributed by atoms with Crippen molar-refractivity contribution in [3.8, 4) is 5.75 Å². The number of sulfonamides is 1. The molecule has 8 heteroatoms. The van der Waals surface area contributed by atoms with Crippen molar-refractivity contribution in [2.24, 2.45) is 11.3 Å². The summed E-state index contributed by atoms with van der Waals surface area (Å²) in [7, 11) is -3.60. The highest BCUT2D eigenvalue weighted by molar-refractivity contribution is 7.89. The Bertz CT molecular complexity index is 871. The van der Waals surface area contributed by atoms with Crippen molar-refractivity contribution < 1.29 is 23.1 Å². The van der Waals surface area contributed by atoms with Gasteiger partial charge in [-0.2, -0.15) is 4.31 Å². The largest absolute Gasteiger partial charge is 0.493 e. The zero-order valence-electron chi connectivity index (χ0n) is 16.3. The Kier molecular flexibility index (Phi) is 5.14. The highest BCUT2D eigenvalue weighted by Crippen LogP contribution is 2.47. The molecule has 1 N–H and O–H groups in total. The number of aliphatic carboxylic acids is 1.